The molecule has 6 nitrogen and oxygen atoms in total. The number of rotatable bonds is 9. The molecule has 0 spiro atoms. The molecule has 8 heteroatoms. The number of carbonyl (C=O) groups excluding carboxylic acids is 1. The molecule has 1 aromatic carbocycles. The number of piperidine rings is 1. The Hall–Kier alpha value is -1.51. The summed E-state index contributed by atoms with van der Waals surface area (Å²) in [6.45, 7) is 6.61. The number of hydrogen-bond acceptors (Lipinski definition) is 5. The van der Waals surface area contributed by atoms with Crippen molar-refractivity contribution in [2.45, 2.75) is 58.1 Å². The van der Waals surface area contributed by atoms with Crippen molar-refractivity contribution in [3.05, 3.63) is 35.6 Å². The van der Waals surface area contributed by atoms with Gasteiger partial charge in [-0.15, -0.1) is 0 Å². The van der Waals surface area contributed by atoms with Gasteiger partial charge in [0.05, 0.1) is 5.75 Å². The summed E-state index contributed by atoms with van der Waals surface area (Å²) in [6, 6.07) is 6.02. The molecule has 1 N–H and O–H groups in total. The van der Waals surface area contributed by atoms with Gasteiger partial charge < -0.3 is 10.1 Å². The molecule has 1 saturated heterocycles. The van der Waals surface area contributed by atoms with Crippen molar-refractivity contribution in [1.29, 1.82) is 0 Å². The SMILES string of the molecule is CCCCS(=O)(=O)N1CCC(C)(NC[C@H](OC(C)=O)c2cccc(F)c2)CC1. The lowest BCUT2D eigenvalue weighted by Gasteiger charge is -2.40. The maximum absolute atomic E-state index is 13.6. The molecule has 1 atom stereocenters. The Morgan fingerprint density at radius 3 is 2.61 bits per heavy atom. The molecule has 2 rings (SSSR count). The number of nitrogens with one attached hydrogen (secondary N) is 1. The summed E-state index contributed by atoms with van der Waals surface area (Å²) in [5, 5.41) is 3.42. The normalized spacial score (nSPS) is 18.6. The summed E-state index contributed by atoms with van der Waals surface area (Å²) in [5.74, 6) is -0.619. The minimum Gasteiger partial charge on any atom is -0.456 e. The van der Waals surface area contributed by atoms with Crippen LogP contribution in [0, 0.1) is 5.82 Å². The van der Waals surface area contributed by atoms with Crippen molar-refractivity contribution in [1.82, 2.24) is 9.62 Å². The standard InChI is InChI=1S/C20H31FN2O4S/c1-4-5-13-28(25,26)23-11-9-20(3,10-12-23)22-15-19(27-16(2)24)17-7-6-8-18(21)14-17/h6-8,14,19,22H,4-5,9-13,15H2,1-3H3/t19-/m0/s1. The molecule has 0 unspecified atom stereocenters. The average Bonchev–Trinajstić information content (AvgIpc) is 2.63. The van der Waals surface area contributed by atoms with Crippen LogP contribution in [0.25, 0.3) is 0 Å². The molecule has 158 valence electrons. The third-order valence-corrected chi connectivity index (χ3v) is 7.17. The van der Waals surface area contributed by atoms with Gasteiger partial charge in [-0.1, -0.05) is 25.5 Å². The number of ether oxygens (including phenoxy) is 1. The van der Waals surface area contributed by atoms with E-state index in [1.54, 1.807) is 16.4 Å². The van der Waals surface area contributed by atoms with E-state index in [1.165, 1.54) is 19.1 Å². The van der Waals surface area contributed by atoms with Gasteiger partial charge in [0.2, 0.25) is 10.0 Å². The van der Waals surface area contributed by atoms with E-state index in [9.17, 15) is 17.6 Å². The lowest BCUT2D eigenvalue weighted by Crippen LogP contribution is -2.53. The molecule has 1 heterocycles. The maximum Gasteiger partial charge on any atom is 0.303 e. The Labute approximate surface area is 167 Å². The maximum atomic E-state index is 13.6. The van der Waals surface area contributed by atoms with Gasteiger partial charge in [0.1, 0.15) is 11.9 Å². The van der Waals surface area contributed by atoms with Crippen LogP contribution in [0.2, 0.25) is 0 Å². The number of esters is 1. The van der Waals surface area contributed by atoms with Gasteiger partial charge in [-0.05, 0) is 43.9 Å². The number of hydrogen-bond donors (Lipinski definition) is 1. The predicted octanol–water partition coefficient (Wildman–Crippen LogP) is 3.00. The number of carbonyl (C=O) groups is 1. The fourth-order valence-electron chi connectivity index (χ4n) is 3.36. The second kappa shape index (κ2) is 9.80. The summed E-state index contributed by atoms with van der Waals surface area (Å²) in [5.41, 5.74) is 0.313. The third kappa shape index (κ3) is 6.53. The summed E-state index contributed by atoms with van der Waals surface area (Å²) < 4.78 is 45.2. The summed E-state index contributed by atoms with van der Waals surface area (Å²) in [4.78, 5) is 11.5. The Bertz CT molecular complexity index is 761. The van der Waals surface area contributed by atoms with E-state index in [1.807, 2.05) is 13.8 Å². The molecule has 1 fully saturated rings. The highest BCUT2D eigenvalue weighted by molar-refractivity contribution is 7.89. The molecule has 0 radical (unpaired) electrons. The fourth-order valence-corrected chi connectivity index (χ4v) is 5.01. The first-order valence-electron chi connectivity index (χ1n) is 9.81. The van der Waals surface area contributed by atoms with Gasteiger partial charge in [-0.25, -0.2) is 17.1 Å². The van der Waals surface area contributed by atoms with Crippen molar-refractivity contribution in [3.63, 3.8) is 0 Å². The molecule has 1 aliphatic heterocycles. The van der Waals surface area contributed by atoms with E-state index in [2.05, 4.69) is 5.32 Å². The van der Waals surface area contributed by atoms with E-state index in [0.717, 1.165) is 6.42 Å². The molecule has 28 heavy (non-hydrogen) atoms. The topological polar surface area (TPSA) is 75.7 Å². The van der Waals surface area contributed by atoms with Crippen LogP contribution in [0.15, 0.2) is 24.3 Å². The molecular formula is C20H31FN2O4S. The van der Waals surface area contributed by atoms with E-state index in [0.29, 0.717) is 44.5 Å². The van der Waals surface area contributed by atoms with Crippen LogP contribution >= 0.6 is 0 Å². The molecular weight excluding hydrogens is 383 g/mol. The molecule has 0 bridgehead atoms. The van der Waals surface area contributed by atoms with E-state index < -0.39 is 22.1 Å². The van der Waals surface area contributed by atoms with Crippen molar-refractivity contribution < 1.29 is 22.3 Å². The van der Waals surface area contributed by atoms with Crippen molar-refractivity contribution >= 4 is 16.0 Å². The Morgan fingerprint density at radius 2 is 2.04 bits per heavy atom. The second-order valence-electron chi connectivity index (χ2n) is 7.66. The average molecular weight is 415 g/mol. The fraction of sp³-hybridized carbons (Fsp3) is 0.650. The Morgan fingerprint density at radius 1 is 1.36 bits per heavy atom. The minimum absolute atomic E-state index is 0.196. The minimum atomic E-state index is -3.20. The lowest BCUT2D eigenvalue weighted by atomic mass is 9.90. The van der Waals surface area contributed by atoms with Crippen LogP contribution in [0.5, 0.6) is 0 Å². The van der Waals surface area contributed by atoms with Crippen LogP contribution < -0.4 is 5.32 Å². The quantitative estimate of drug-likeness (QED) is 0.629. The second-order valence-corrected chi connectivity index (χ2v) is 9.75. The molecule has 1 aromatic rings. The zero-order valence-corrected chi connectivity index (χ0v) is 17.7. The van der Waals surface area contributed by atoms with Gasteiger partial charge in [-0.2, -0.15) is 0 Å². The van der Waals surface area contributed by atoms with Gasteiger partial charge in [0, 0.05) is 32.1 Å². The number of unbranched alkanes of at least 4 members (excludes halogenated alkanes) is 1. The van der Waals surface area contributed by atoms with Crippen LogP contribution in [-0.2, 0) is 19.6 Å². The van der Waals surface area contributed by atoms with Crippen molar-refractivity contribution in [2.75, 3.05) is 25.4 Å². The predicted molar refractivity (Wildman–Crippen MR) is 107 cm³/mol. The molecule has 0 amide bonds. The Kier molecular flexibility index (Phi) is 7.97. The highest BCUT2D eigenvalue weighted by Gasteiger charge is 2.35. The summed E-state index contributed by atoms with van der Waals surface area (Å²) in [6.07, 6.45) is 2.25. The van der Waals surface area contributed by atoms with Gasteiger partial charge in [-0.3, -0.25) is 4.79 Å². The largest absolute Gasteiger partial charge is 0.456 e. The van der Waals surface area contributed by atoms with Crippen LogP contribution in [0.4, 0.5) is 4.39 Å². The van der Waals surface area contributed by atoms with E-state index in [-0.39, 0.29) is 17.1 Å². The van der Waals surface area contributed by atoms with Crippen molar-refractivity contribution in [3.8, 4) is 0 Å². The van der Waals surface area contributed by atoms with Gasteiger partial charge in [0.25, 0.3) is 0 Å². The first-order valence-corrected chi connectivity index (χ1v) is 11.4. The highest BCUT2D eigenvalue weighted by atomic mass is 32.2. The number of sulfonamides is 1. The first-order chi connectivity index (χ1) is 13.1. The zero-order valence-electron chi connectivity index (χ0n) is 16.9. The molecule has 0 aromatic heterocycles. The highest BCUT2D eigenvalue weighted by Crippen LogP contribution is 2.26. The molecule has 1 aliphatic rings. The number of nitrogens with zero attached hydrogens (tertiary/aromatic N) is 1. The molecule has 0 aliphatic carbocycles. The van der Waals surface area contributed by atoms with Gasteiger partial charge >= 0.3 is 5.97 Å². The van der Waals surface area contributed by atoms with Crippen LogP contribution in [0.1, 0.15) is 58.1 Å². The zero-order chi connectivity index (χ0) is 20.8. The number of halogens is 1. The monoisotopic (exact) mass is 414 g/mol. The van der Waals surface area contributed by atoms with Crippen LogP contribution in [0.3, 0.4) is 0 Å². The first kappa shape index (κ1) is 22.8. The Balaban J connectivity index is 1.97. The summed E-state index contributed by atoms with van der Waals surface area (Å²) >= 11 is 0. The van der Waals surface area contributed by atoms with E-state index >= 15 is 0 Å². The van der Waals surface area contributed by atoms with E-state index in [4.69, 9.17) is 4.74 Å². The molecule has 0 saturated carbocycles. The third-order valence-electron chi connectivity index (χ3n) is 5.22. The summed E-state index contributed by atoms with van der Waals surface area (Å²) in [7, 11) is -3.20. The smallest absolute Gasteiger partial charge is 0.303 e. The lowest BCUT2D eigenvalue weighted by molar-refractivity contribution is -0.146. The van der Waals surface area contributed by atoms with Gasteiger partial charge in [0.15, 0.2) is 0 Å². The van der Waals surface area contributed by atoms with Crippen LogP contribution in [-0.4, -0.2) is 49.6 Å². The van der Waals surface area contributed by atoms with Crippen molar-refractivity contribution in [2.24, 2.45) is 0 Å². The number of benzene rings is 1.